The molecule has 0 saturated heterocycles. The Morgan fingerprint density at radius 1 is 1.14 bits per heavy atom. The normalized spacial score (nSPS) is 15.2. The van der Waals surface area contributed by atoms with E-state index in [2.05, 4.69) is 41.5 Å². The number of fused-ring (bicyclic) bond motifs is 1. The zero-order chi connectivity index (χ0) is 20.2. The van der Waals surface area contributed by atoms with Crippen LogP contribution in [0.4, 0.5) is 0 Å². The van der Waals surface area contributed by atoms with Crippen molar-refractivity contribution in [3.8, 4) is 11.5 Å². The number of aryl methyl sites for hydroxylation is 1. The van der Waals surface area contributed by atoms with Crippen molar-refractivity contribution in [2.24, 2.45) is 0 Å². The predicted molar refractivity (Wildman–Crippen MR) is 108 cm³/mol. The lowest BCUT2D eigenvalue weighted by Crippen LogP contribution is -2.33. The van der Waals surface area contributed by atoms with E-state index in [9.17, 15) is 4.79 Å². The van der Waals surface area contributed by atoms with Crippen molar-refractivity contribution in [1.82, 2.24) is 19.9 Å². The number of nitrogens with zero attached hydrogens (tertiary/aromatic N) is 4. The first-order valence-electron chi connectivity index (χ1n) is 9.74. The van der Waals surface area contributed by atoms with Gasteiger partial charge in [0.1, 0.15) is 6.61 Å². The van der Waals surface area contributed by atoms with Crippen LogP contribution in [0.25, 0.3) is 0 Å². The lowest BCUT2D eigenvalue weighted by molar-refractivity contribution is 0.0752. The predicted octanol–water partition coefficient (Wildman–Crippen LogP) is 2.95. The average Bonchev–Trinajstić information content (AvgIpc) is 3.22. The lowest BCUT2D eigenvalue weighted by Gasteiger charge is -2.26. The topological polar surface area (TPSA) is 69.5 Å². The number of carbonyl (C=O) groups excluding carboxylic acids is 1. The monoisotopic (exact) mass is 392 g/mol. The summed E-state index contributed by atoms with van der Waals surface area (Å²) in [6.45, 7) is 3.52. The fourth-order valence-corrected chi connectivity index (χ4v) is 3.27. The Labute approximate surface area is 169 Å². The van der Waals surface area contributed by atoms with Crippen molar-refractivity contribution < 1.29 is 14.3 Å². The number of aromatic nitrogens is 3. The zero-order valence-corrected chi connectivity index (χ0v) is 16.6. The van der Waals surface area contributed by atoms with Crippen LogP contribution in [0.5, 0.6) is 11.5 Å². The van der Waals surface area contributed by atoms with Crippen LogP contribution in [0.1, 0.15) is 28.5 Å². The van der Waals surface area contributed by atoms with E-state index in [1.165, 1.54) is 5.56 Å². The molecule has 150 valence electrons. The van der Waals surface area contributed by atoms with Crippen molar-refractivity contribution in [2.75, 3.05) is 13.7 Å². The van der Waals surface area contributed by atoms with Gasteiger partial charge in [0.15, 0.2) is 23.3 Å². The van der Waals surface area contributed by atoms with E-state index in [1.54, 1.807) is 22.8 Å². The molecule has 1 aliphatic rings. The molecule has 1 aliphatic heterocycles. The summed E-state index contributed by atoms with van der Waals surface area (Å²) in [7, 11) is 1.77. The van der Waals surface area contributed by atoms with Crippen molar-refractivity contribution in [1.29, 1.82) is 0 Å². The second-order valence-corrected chi connectivity index (χ2v) is 7.15. The molecule has 0 radical (unpaired) electrons. The van der Waals surface area contributed by atoms with E-state index >= 15 is 0 Å². The summed E-state index contributed by atoms with van der Waals surface area (Å²) in [6, 6.07) is 15.9. The summed E-state index contributed by atoms with van der Waals surface area (Å²) in [5.74, 6) is 1.29. The van der Waals surface area contributed by atoms with Gasteiger partial charge < -0.3 is 14.4 Å². The molecule has 4 rings (SSSR count). The largest absolute Gasteiger partial charge is 0.486 e. The van der Waals surface area contributed by atoms with Crippen LogP contribution in [-0.2, 0) is 19.5 Å². The van der Waals surface area contributed by atoms with E-state index in [0.29, 0.717) is 31.1 Å². The van der Waals surface area contributed by atoms with Gasteiger partial charge in [0.25, 0.3) is 5.91 Å². The Kier molecular flexibility index (Phi) is 5.46. The van der Waals surface area contributed by atoms with Gasteiger partial charge in [-0.2, -0.15) is 0 Å². The zero-order valence-electron chi connectivity index (χ0n) is 16.6. The molecule has 1 amide bonds. The molecule has 1 atom stereocenters. The van der Waals surface area contributed by atoms with Crippen LogP contribution in [0.3, 0.4) is 0 Å². The quantitative estimate of drug-likeness (QED) is 0.645. The Hall–Kier alpha value is -3.35. The van der Waals surface area contributed by atoms with E-state index in [4.69, 9.17) is 9.47 Å². The summed E-state index contributed by atoms with van der Waals surface area (Å²) in [4.78, 5) is 14.3. The van der Waals surface area contributed by atoms with Gasteiger partial charge >= 0.3 is 0 Å². The number of benzene rings is 2. The minimum atomic E-state index is -0.190. The standard InChI is InChI=1S/C22H24N4O3/c1-3-16-8-10-17(11-9-16)12-25(2)22(27)19-14-26(24-23-19)13-18-15-28-20-6-4-5-7-21(20)29-18/h4-11,14,18H,3,12-13,15H2,1-2H3/t18-/m1/s1. The van der Waals surface area contributed by atoms with Gasteiger partial charge in [-0.15, -0.1) is 5.10 Å². The number of carbonyl (C=O) groups is 1. The number of hydrogen-bond donors (Lipinski definition) is 0. The van der Waals surface area contributed by atoms with E-state index in [1.807, 2.05) is 24.3 Å². The van der Waals surface area contributed by atoms with E-state index < -0.39 is 0 Å². The Morgan fingerprint density at radius 3 is 2.62 bits per heavy atom. The number of hydrogen-bond acceptors (Lipinski definition) is 5. The third kappa shape index (κ3) is 4.39. The minimum Gasteiger partial charge on any atom is -0.486 e. The highest BCUT2D eigenvalue weighted by Gasteiger charge is 2.23. The molecule has 0 spiro atoms. The summed E-state index contributed by atoms with van der Waals surface area (Å²) in [6.07, 6.45) is 2.46. The van der Waals surface area contributed by atoms with Crippen LogP contribution in [0.15, 0.2) is 54.7 Å². The van der Waals surface area contributed by atoms with Gasteiger partial charge in [-0.1, -0.05) is 48.5 Å². The molecular weight excluding hydrogens is 368 g/mol. The summed E-state index contributed by atoms with van der Waals surface area (Å²) < 4.78 is 13.3. The fourth-order valence-electron chi connectivity index (χ4n) is 3.27. The first kappa shape index (κ1) is 19.0. The number of para-hydroxylation sites is 2. The molecule has 0 unspecified atom stereocenters. The van der Waals surface area contributed by atoms with E-state index in [-0.39, 0.29) is 12.0 Å². The van der Waals surface area contributed by atoms with Crippen LogP contribution in [-0.4, -0.2) is 45.6 Å². The first-order chi connectivity index (χ1) is 14.1. The smallest absolute Gasteiger partial charge is 0.276 e. The van der Waals surface area contributed by atoms with Crippen LogP contribution in [0, 0.1) is 0 Å². The Balaban J connectivity index is 1.36. The highest BCUT2D eigenvalue weighted by molar-refractivity contribution is 5.91. The van der Waals surface area contributed by atoms with E-state index in [0.717, 1.165) is 17.7 Å². The molecule has 1 aromatic heterocycles. The van der Waals surface area contributed by atoms with Crippen LogP contribution >= 0.6 is 0 Å². The number of rotatable bonds is 6. The summed E-state index contributed by atoms with van der Waals surface area (Å²) >= 11 is 0. The molecule has 29 heavy (non-hydrogen) atoms. The molecule has 0 aliphatic carbocycles. The second kappa shape index (κ2) is 8.34. The van der Waals surface area contributed by atoms with Crippen molar-refractivity contribution in [2.45, 2.75) is 32.5 Å². The van der Waals surface area contributed by atoms with Gasteiger partial charge in [0, 0.05) is 13.6 Å². The highest BCUT2D eigenvalue weighted by atomic mass is 16.6. The van der Waals surface area contributed by atoms with Gasteiger partial charge in [0.2, 0.25) is 0 Å². The first-order valence-corrected chi connectivity index (χ1v) is 9.74. The molecule has 0 saturated carbocycles. The number of ether oxygens (including phenoxy) is 2. The third-order valence-electron chi connectivity index (χ3n) is 4.91. The third-order valence-corrected chi connectivity index (χ3v) is 4.91. The Bertz CT molecular complexity index is 984. The van der Waals surface area contributed by atoms with Crippen LogP contribution < -0.4 is 9.47 Å². The van der Waals surface area contributed by atoms with Gasteiger partial charge in [0.05, 0.1) is 12.7 Å². The summed E-state index contributed by atoms with van der Waals surface area (Å²) in [5.41, 5.74) is 2.67. The molecule has 0 bridgehead atoms. The fraction of sp³-hybridized carbons (Fsp3) is 0.318. The minimum absolute atomic E-state index is 0.165. The second-order valence-electron chi connectivity index (χ2n) is 7.15. The maximum absolute atomic E-state index is 12.7. The average molecular weight is 392 g/mol. The SMILES string of the molecule is CCc1ccc(CN(C)C(=O)c2cn(C[C@@H]3COc4ccccc4O3)nn2)cc1. The molecule has 7 nitrogen and oxygen atoms in total. The Morgan fingerprint density at radius 2 is 1.86 bits per heavy atom. The van der Waals surface area contributed by atoms with Crippen molar-refractivity contribution in [3.05, 3.63) is 71.5 Å². The van der Waals surface area contributed by atoms with Gasteiger partial charge in [-0.3, -0.25) is 4.79 Å². The summed E-state index contributed by atoms with van der Waals surface area (Å²) in [5, 5.41) is 8.12. The van der Waals surface area contributed by atoms with Crippen LogP contribution in [0.2, 0.25) is 0 Å². The lowest BCUT2D eigenvalue weighted by atomic mass is 10.1. The molecule has 7 heteroatoms. The van der Waals surface area contributed by atoms with Crippen molar-refractivity contribution >= 4 is 5.91 Å². The van der Waals surface area contributed by atoms with Crippen molar-refractivity contribution in [3.63, 3.8) is 0 Å². The highest BCUT2D eigenvalue weighted by Crippen LogP contribution is 2.31. The molecule has 2 aromatic carbocycles. The maximum Gasteiger partial charge on any atom is 0.276 e. The molecule has 3 aromatic rings. The number of amides is 1. The molecule has 0 fully saturated rings. The molecule has 2 heterocycles. The maximum atomic E-state index is 12.7. The molecular formula is C22H24N4O3. The van der Waals surface area contributed by atoms with Gasteiger partial charge in [-0.05, 0) is 29.7 Å². The van der Waals surface area contributed by atoms with Gasteiger partial charge in [-0.25, -0.2) is 4.68 Å². The molecule has 0 N–H and O–H groups in total.